The molecule has 0 unspecified atom stereocenters. The minimum Gasteiger partial charge on any atom is -0.478 e. The van der Waals surface area contributed by atoms with Crippen LogP contribution in [-0.4, -0.2) is 16.1 Å². The molecule has 0 bridgehead atoms. The van der Waals surface area contributed by atoms with Crippen molar-refractivity contribution < 1.29 is 9.90 Å². The lowest BCUT2D eigenvalue weighted by Crippen LogP contribution is -1.98. The fraction of sp³-hybridized carbons (Fsp3) is 0.333. The fourth-order valence-corrected chi connectivity index (χ4v) is 1.51. The summed E-state index contributed by atoms with van der Waals surface area (Å²) in [5.41, 5.74) is 1.13. The topological polar surface area (TPSA) is 50.2 Å². The van der Waals surface area contributed by atoms with Crippen molar-refractivity contribution in [1.29, 1.82) is 0 Å². The molecule has 0 spiro atoms. The Morgan fingerprint density at radius 3 is 2.85 bits per heavy atom. The van der Waals surface area contributed by atoms with Crippen molar-refractivity contribution in [2.24, 2.45) is 0 Å². The second-order valence-corrected chi connectivity index (χ2v) is 3.68. The van der Waals surface area contributed by atoms with Gasteiger partial charge in [-0.25, -0.2) is 9.78 Å². The highest BCUT2D eigenvalue weighted by atomic mass is 32.1. The number of hydrogen-bond donors (Lipinski definition) is 1. The van der Waals surface area contributed by atoms with Crippen molar-refractivity contribution >= 4 is 23.4 Å². The summed E-state index contributed by atoms with van der Waals surface area (Å²) in [5.74, 6) is -0.867. The predicted octanol–water partition coefficient (Wildman–Crippen LogP) is 2.33. The lowest BCUT2D eigenvalue weighted by Gasteiger charge is -1.94. The number of carbonyl (C=O) groups is 1. The second kappa shape index (κ2) is 4.18. The summed E-state index contributed by atoms with van der Waals surface area (Å²) in [4.78, 5) is 14.8. The first-order valence-corrected chi connectivity index (χ1v) is 4.87. The Hall–Kier alpha value is -1.16. The highest BCUT2D eigenvalue weighted by Gasteiger charge is 2.05. The van der Waals surface area contributed by atoms with E-state index in [1.54, 1.807) is 6.08 Å². The summed E-state index contributed by atoms with van der Waals surface area (Å²) in [7, 11) is 0. The average molecular weight is 197 g/mol. The van der Waals surface area contributed by atoms with E-state index in [1.807, 2.05) is 19.2 Å². The van der Waals surface area contributed by atoms with Crippen LogP contribution < -0.4 is 0 Å². The zero-order valence-corrected chi connectivity index (χ0v) is 8.39. The average Bonchev–Trinajstić information content (AvgIpc) is 2.46. The Bertz CT molecular complexity index is 341. The van der Waals surface area contributed by atoms with Crippen LogP contribution in [0.3, 0.4) is 0 Å². The normalized spacial score (nSPS) is 11.7. The van der Waals surface area contributed by atoms with E-state index in [0.29, 0.717) is 12.0 Å². The molecular formula is C9H11NO2S. The third-order valence-corrected chi connectivity index (χ3v) is 2.41. The Morgan fingerprint density at radius 2 is 2.46 bits per heavy atom. The van der Waals surface area contributed by atoms with Gasteiger partial charge in [-0.1, -0.05) is 6.92 Å². The predicted molar refractivity (Wildman–Crippen MR) is 52.8 cm³/mol. The van der Waals surface area contributed by atoms with Crippen LogP contribution in [0.1, 0.15) is 24.0 Å². The number of carboxylic acid groups (broad SMARTS) is 1. The van der Waals surface area contributed by atoms with Crippen LogP contribution in [0.25, 0.3) is 6.08 Å². The molecule has 0 aliphatic carbocycles. The molecule has 0 aromatic carbocycles. The molecule has 1 aromatic heterocycles. The molecule has 0 aliphatic heterocycles. The Labute approximate surface area is 80.7 Å². The SMILES string of the molecule is CC/C(=C\c1csc(C)n1)C(=O)O. The zero-order valence-electron chi connectivity index (χ0n) is 7.57. The van der Waals surface area contributed by atoms with E-state index in [-0.39, 0.29) is 0 Å². The van der Waals surface area contributed by atoms with Crippen molar-refractivity contribution in [3.63, 3.8) is 0 Å². The lowest BCUT2D eigenvalue weighted by atomic mass is 10.2. The second-order valence-electron chi connectivity index (χ2n) is 2.62. The van der Waals surface area contributed by atoms with Gasteiger partial charge < -0.3 is 5.11 Å². The first-order chi connectivity index (χ1) is 6.13. The van der Waals surface area contributed by atoms with Crippen LogP contribution >= 0.6 is 11.3 Å². The third kappa shape index (κ3) is 2.66. The van der Waals surface area contributed by atoms with Gasteiger partial charge >= 0.3 is 5.97 Å². The molecule has 0 saturated carbocycles. The van der Waals surface area contributed by atoms with Gasteiger partial charge in [0.1, 0.15) is 0 Å². The quantitative estimate of drug-likeness (QED) is 0.756. The van der Waals surface area contributed by atoms with E-state index in [2.05, 4.69) is 4.98 Å². The molecule has 70 valence electrons. The minimum absolute atomic E-state index is 0.394. The van der Waals surface area contributed by atoms with Crippen molar-refractivity contribution in [3.05, 3.63) is 21.7 Å². The summed E-state index contributed by atoms with van der Waals surface area (Å²) < 4.78 is 0. The first kappa shape index (κ1) is 9.92. The molecule has 1 aromatic rings. The molecule has 0 saturated heterocycles. The van der Waals surface area contributed by atoms with Crippen LogP contribution in [0.2, 0.25) is 0 Å². The number of nitrogens with zero attached hydrogens (tertiary/aromatic N) is 1. The van der Waals surface area contributed by atoms with Gasteiger partial charge in [0, 0.05) is 11.0 Å². The number of aryl methyl sites for hydroxylation is 1. The molecule has 1 heterocycles. The van der Waals surface area contributed by atoms with Gasteiger partial charge in [-0.2, -0.15) is 0 Å². The number of carboxylic acids is 1. The molecule has 0 fully saturated rings. The van der Waals surface area contributed by atoms with Gasteiger partial charge in [-0.3, -0.25) is 0 Å². The molecule has 13 heavy (non-hydrogen) atoms. The van der Waals surface area contributed by atoms with Gasteiger partial charge in [0.05, 0.1) is 10.7 Å². The molecular weight excluding hydrogens is 186 g/mol. The van der Waals surface area contributed by atoms with Crippen LogP contribution in [0, 0.1) is 6.92 Å². The van der Waals surface area contributed by atoms with E-state index in [4.69, 9.17) is 5.11 Å². The highest BCUT2D eigenvalue weighted by Crippen LogP contribution is 2.13. The number of aromatic nitrogens is 1. The number of hydrogen-bond acceptors (Lipinski definition) is 3. The third-order valence-electron chi connectivity index (χ3n) is 1.61. The summed E-state index contributed by atoms with van der Waals surface area (Å²) in [5, 5.41) is 11.6. The zero-order chi connectivity index (χ0) is 9.84. The number of rotatable bonds is 3. The summed E-state index contributed by atoms with van der Waals surface area (Å²) >= 11 is 1.52. The standard InChI is InChI=1S/C9H11NO2S/c1-3-7(9(11)12)4-8-5-13-6(2)10-8/h4-5H,3H2,1-2H3,(H,11,12)/b7-4+. The van der Waals surface area contributed by atoms with Gasteiger partial charge in [0.25, 0.3) is 0 Å². The van der Waals surface area contributed by atoms with E-state index < -0.39 is 5.97 Å². The van der Waals surface area contributed by atoms with E-state index in [0.717, 1.165) is 10.7 Å². The summed E-state index contributed by atoms with van der Waals surface area (Å²) in [6.45, 7) is 3.72. The van der Waals surface area contributed by atoms with Crippen molar-refractivity contribution in [1.82, 2.24) is 4.98 Å². The Balaban J connectivity index is 2.91. The molecule has 3 nitrogen and oxygen atoms in total. The molecule has 0 atom stereocenters. The molecule has 0 aliphatic rings. The molecule has 0 amide bonds. The smallest absolute Gasteiger partial charge is 0.331 e. The minimum atomic E-state index is -0.867. The molecule has 1 N–H and O–H groups in total. The van der Waals surface area contributed by atoms with Crippen molar-refractivity contribution in [3.8, 4) is 0 Å². The molecule has 1 rings (SSSR count). The van der Waals surface area contributed by atoms with E-state index >= 15 is 0 Å². The van der Waals surface area contributed by atoms with Crippen LogP contribution in [-0.2, 0) is 4.79 Å². The lowest BCUT2D eigenvalue weighted by molar-refractivity contribution is -0.132. The van der Waals surface area contributed by atoms with E-state index in [9.17, 15) is 4.79 Å². The van der Waals surface area contributed by atoms with Gasteiger partial charge in [-0.15, -0.1) is 11.3 Å². The van der Waals surface area contributed by atoms with Crippen LogP contribution in [0.15, 0.2) is 11.0 Å². The van der Waals surface area contributed by atoms with E-state index in [1.165, 1.54) is 11.3 Å². The van der Waals surface area contributed by atoms with Crippen LogP contribution in [0.4, 0.5) is 0 Å². The van der Waals surface area contributed by atoms with Crippen molar-refractivity contribution in [2.75, 3.05) is 0 Å². The maximum atomic E-state index is 10.6. The number of aliphatic carboxylic acids is 1. The summed E-state index contributed by atoms with van der Waals surface area (Å²) in [6, 6.07) is 0. The largest absolute Gasteiger partial charge is 0.478 e. The maximum absolute atomic E-state index is 10.6. The Morgan fingerprint density at radius 1 is 1.77 bits per heavy atom. The summed E-state index contributed by atoms with van der Waals surface area (Å²) in [6.07, 6.45) is 2.14. The number of thiazole rings is 1. The fourth-order valence-electron chi connectivity index (χ4n) is 0.940. The Kier molecular flexibility index (Phi) is 3.19. The van der Waals surface area contributed by atoms with Gasteiger partial charge in [0.15, 0.2) is 0 Å². The molecule has 0 radical (unpaired) electrons. The highest BCUT2D eigenvalue weighted by molar-refractivity contribution is 7.09. The van der Waals surface area contributed by atoms with Gasteiger partial charge in [0.2, 0.25) is 0 Å². The van der Waals surface area contributed by atoms with Crippen molar-refractivity contribution in [2.45, 2.75) is 20.3 Å². The maximum Gasteiger partial charge on any atom is 0.331 e. The van der Waals surface area contributed by atoms with Crippen LogP contribution in [0.5, 0.6) is 0 Å². The first-order valence-electron chi connectivity index (χ1n) is 3.99. The van der Waals surface area contributed by atoms with Gasteiger partial charge in [-0.05, 0) is 19.4 Å². The monoisotopic (exact) mass is 197 g/mol. The molecule has 4 heteroatoms.